The maximum absolute atomic E-state index is 13.5. The van der Waals surface area contributed by atoms with Crippen molar-refractivity contribution in [3.8, 4) is 0 Å². The number of rotatable bonds is 2. The largest absolute Gasteiger partial charge is 0.348 e. The third-order valence-corrected chi connectivity index (χ3v) is 4.02. The van der Waals surface area contributed by atoms with Gasteiger partial charge in [-0.2, -0.15) is 0 Å². The summed E-state index contributed by atoms with van der Waals surface area (Å²) in [5.41, 5.74) is 1.85. The lowest BCUT2D eigenvalue weighted by molar-refractivity contribution is 0.617. The van der Waals surface area contributed by atoms with Gasteiger partial charge in [-0.3, -0.25) is 0 Å². The van der Waals surface area contributed by atoms with E-state index in [2.05, 4.69) is 15.0 Å². The van der Waals surface area contributed by atoms with Crippen molar-refractivity contribution in [3.05, 3.63) is 60.2 Å². The van der Waals surface area contributed by atoms with Gasteiger partial charge in [-0.05, 0) is 42.7 Å². The van der Waals surface area contributed by atoms with Gasteiger partial charge in [0, 0.05) is 18.9 Å². The summed E-state index contributed by atoms with van der Waals surface area (Å²) in [7, 11) is 0. The van der Waals surface area contributed by atoms with Gasteiger partial charge in [0.1, 0.15) is 11.6 Å². The number of halogens is 1. The summed E-state index contributed by atoms with van der Waals surface area (Å²) in [5.74, 6) is 0.727. The first kappa shape index (κ1) is 12.3. The molecule has 0 amide bonds. The SMILES string of the molecule is Fc1cccc([C@H]2CCCN2c2ccc3nccn3n2)c1. The van der Waals surface area contributed by atoms with Crippen molar-refractivity contribution in [1.29, 1.82) is 0 Å². The molecule has 21 heavy (non-hydrogen) atoms. The molecule has 1 fully saturated rings. The summed E-state index contributed by atoms with van der Waals surface area (Å²) in [6.45, 7) is 0.939. The molecule has 1 saturated heterocycles. The Morgan fingerprint density at radius 3 is 3.05 bits per heavy atom. The molecule has 0 bridgehead atoms. The fourth-order valence-electron chi connectivity index (χ4n) is 3.06. The van der Waals surface area contributed by atoms with Crippen LogP contribution in [0.2, 0.25) is 0 Å². The van der Waals surface area contributed by atoms with Crippen LogP contribution in [0.1, 0.15) is 24.4 Å². The first-order valence-corrected chi connectivity index (χ1v) is 7.14. The highest BCUT2D eigenvalue weighted by atomic mass is 19.1. The van der Waals surface area contributed by atoms with E-state index in [0.29, 0.717) is 0 Å². The maximum atomic E-state index is 13.5. The number of aromatic nitrogens is 3. The zero-order chi connectivity index (χ0) is 14.2. The fraction of sp³-hybridized carbons (Fsp3) is 0.250. The normalized spacial score (nSPS) is 18.5. The molecular weight excluding hydrogens is 267 g/mol. The Bertz CT molecular complexity index is 783. The minimum Gasteiger partial charge on any atom is -0.348 e. The highest BCUT2D eigenvalue weighted by Crippen LogP contribution is 2.35. The van der Waals surface area contributed by atoms with Gasteiger partial charge in [0.15, 0.2) is 5.65 Å². The van der Waals surface area contributed by atoms with Crippen LogP contribution in [0.3, 0.4) is 0 Å². The van der Waals surface area contributed by atoms with Gasteiger partial charge >= 0.3 is 0 Å². The van der Waals surface area contributed by atoms with Gasteiger partial charge in [-0.1, -0.05) is 12.1 Å². The molecule has 1 aliphatic rings. The third kappa shape index (κ3) is 2.14. The Kier molecular flexibility index (Phi) is 2.84. The van der Waals surface area contributed by atoms with Crippen molar-refractivity contribution in [2.75, 3.05) is 11.4 Å². The molecule has 0 aliphatic carbocycles. The molecule has 106 valence electrons. The van der Waals surface area contributed by atoms with E-state index in [1.807, 2.05) is 24.4 Å². The smallest absolute Gasteiger partial charge is 0.153 e. The van der Waals surface area contributed by atoms with Gasteiger partial charge in [0.25, 0.3) is 0 Å². The van der Waals surface area contributed by atoms with Gasteiger partial charge in [-0.15, -0.1) is 5.10 Å². The Hall–Kier alpha value is -2.43. The summed E-state index contributed by atoms with van der Waals surface area (Å²) in [6, 6.07) is 11.0. The van der Waals surface area contributed by atoms with Crippen LogP contribution in [0.5, 0.6) is 0 Å². The molecule has 4 nitrogen and oxygen atoms in total. The van der Waals surface area contributed by atoms with Crippen LogP contribution in [-0.2, 0) is 0 Å². The van der Waals surface area contributed by atoms with Crippen LogP contribution in [0.15, 0.2) is 48.8 Å². The molecule has 3 aromatic rings. The summed E-state index contributed by atoms with van der Waals surface area (Å²) in [6.07, 6.45) is 5.68. The molecule has 0 spiro atoms. The molecule has 1 atom stereocenters. The Morgan fingerprint density at radius 2 is 2.14 bits per heavy atom. The van der Waals surface area contributed by atoms with Crippen molar-refractivity contribution < 1.29 is 4.39 Å². The molecule has 5 heteroatoms. The lowest BCUT2D eigenvalue weighted by Crippen LogP contribution is -2.24. The number of nitrogens with zero attached hydrogens (tertiary/aromatic N) is 4. The number of benzene rings is 1. The highest BCUT2D eigenvalue weighted by molar-refractivity contribution is 5.48. The molecule has 4 rings (SSSR count). The topological polar surface area (TPSA) is 33.4 Å². The zero-order valence-electron chi connectivity index (χ0n) is 11.5. The predicted molar refractivity (Wildman–Crippen MR) is 78.7 cm³/mol. The van der Waals surface area contributed by atoms with Crippen LogP contribution in [0.4, 0.5) is 10.2 Å². The van der Waals surface area contributed by atoms with Crippen LogP contribution in [0.25, 0.3) is 5.65 Å². The quantitative estimate of drug-likeness (QED) is 0.723. The Balaban J connectivity index is 1.72. The van der Waals surface area contributed by atoms with Crippen molar-refractivity contribution in [3.63, 3.8) is 0 Å². The summed E-state index contributed by atoms with van der Waals surface area (Å²) >= 11 is 0. The molecule has 1 aromatic carbocycles. The molecular formula is C16H15FN4. The lowest BCUT2D eigenvalue weighted by atomic mass is 10.0. The monoisotopic (exact) mass is 282 g/mol. The highest BCUT2D eigenvalue weighted by Gasteiger charge is 2.27. The van der Waals surface area contributed by atoms with E-state index < -0.39 is 0 Å². The van der Waals surface area contributed by atoms with E-state index in [-0.39, 0.29) is 11.9 Å². The first-order valence-electron chi connectivity index (χ1n) is 7.14. The van der Waals surface area contributed by atoms with Crippen molar-refractivity contribution in [2.24, 2.45) is 0 Å². The second-order valence-corrected chi connectivity index (χ2v) is 5.33. The maximum Gasteiger partial charge on any atom is 0.153 e. The minimum absolute atomic E-state index is 0.183. The first-order chi connectivity index (χ1) is 10.3. The van der Waals surface area contributed by atoms with E-state index >= 15 is 0 Å². The van der Waals surface area contributed by atoms with Crippen LogP contribution in [0, 0.1) is 5.82 Å². The summed E-state index contributed by atoms with van der Waals surface area (Å²) < 4.78 is 15.2. The average molecular weight is 282 g/mol. The number of anilines is 1. The molecule has 2 aromatic heterocycles. The van der Waals surface area contributed by atoms with Gasteiger partial charge < -0.3 is 4.90 Å². The Labute approximate surface area is 121 Å². The van der Waals surface area contributed by atoms with E-state index in [0.717, 1.165) is 36.4 Å². The van der Waals surface area contributed by atoms with E-state index in [9.17, 15) is 4.39 Å². The standard InChI is InChI=1S/C16H15FN4/c17-13-4-1-3-12(11-13)14-5-2-9-20(14)16-7-6-15-18-8-10-21(15)19-16/h1,3-4,6-8,10-11,14H,2,5,9H2/t14-/m1/s1. The second-order valence-electron chi connectivity index (χ2n) is 5.33. The number of hydrogen-bond donors (Lipinski definition) is 0. The average Bonchev–Trinajstić information content (AvgIpc) is 3.15. The fourth-order valence-corrected chi connectivity index (χ4v) is 3.06. The van der Waals surface area contributed by atoms with Crippen molar-refractivity contribution in [1.82, 2.24) is 14.6 Å². The molecule has 0 radical (unpaired) electrons. The number of imidazole rings is 1. The van der Waals surface area contributed by atoms with Gasteiger partial charge in [-0.25, -0.2) is 13.9 Å². The van der Waals surface area contributed by atoms with E-state index in [4.69, 9.17) is 0 Å². The minimum atomic E-state index is -0.183. The third-order valence-electron chi connectivity index (χ3n) is 4.02. The number of fused-ring (bicyclic) bond motifs is 1. The van der Waals surface area contributed by atoms with Crippen molar-refractivity contribution >= 4 is 11.5 Å². The van der Waals surface area contributed by atoms with E-state index in [1.165, 1.54) is 6.07 Å². The van der Waals surface area contributed by atoms with Gasteiger partial charge in [0.05, 0.1) is 6.04 Å². The van der Waals surface area contributed by atoms with E-state index in [1.54, 1.807) is 22.8 Å². The molecule has 1 aliphatic heterocycles. The molecule has 0 unspecified atom stereocenters. The Morgan fingerprint density at radius 1 is 1.19 bits per heavy atom. The van der Waals surface area contributed by atoms with Crippen LogP contribution in [-0.4, -0.2) is 21.1 Å². The van der Waals surface area contributed by atoms with Gasteiger partial charge in [0.2, 0.25) is 0 Å². The summed E-state index contributed by atoms with van der Waals surface area (Å²) in [5, 5.41) is 4.60. The number of hydrogen-bond acceptors (Lipinski definition) is 3. The van der Waals surface area contributed by atoms with Crippen LogP contribution >= 0.6 is 0 Å². The molecule has 0 saturated carbocycles. The van der Waals surface area contributed by atoms with Crippen LogP contribution < -0.4 is 4.90 Å². The molecule has 3 heterocycles. The van der Waals surface area contributed by atoms with Crippen molar-refractivity contribution in [2.45, 2.75) is 18.9 Å². The second kappa shape index (κ2) is 4.84. The predicted octanol–water partition coefficient (Wildman–Crippen LogP) is 3.21. The summed E-state index contributed by atoms with van der Waals surface area (Å²) in [4.78, 5) is 6.45. The molecule has 0 N–H and O–H groups in total. The lowest BCUT2D eigenvalue weighted by Gasteiger charge is -2.26. The zero-order valence-corrected chi connectivity index (χ0v) is 11.5.